The van der Waals surface area contributed by atoms with Gasteiger partial charge in [0, 0.05) is 39.7 Å². The quantitative estimate of drug-likeness (QED) is 0.185. The lowest BCUT2D eigenvalue weighted by Crippen LogP contribution is -2.14. The Balaban J connectivity index is 1.43. The lowest BCUT2D eigenvalue weighted by atomic mass is 9.79. The van der Waals surface area contributed by atoms with Gasteiger partial charge in [-0.15, -0.1) is 22.7 Å². The molecule has 1 aliphatic rings. The number of thiazole rings is 2. The number of hydrogen-bond acceptors (Lipinski definition) is 4. The lowest BCUT2D eigenvalue weighted by Gasteiger charge is -2.24. The third-order valence-electron chi connectivity index (χ3n) is 9.39. The Morgan fingerprint density at radius 1 is 0.467 bits per heavy atom. The van der Waals surface area contributed by atoms with Crippen molar-refractivity contribution in [3.8, 4) is 54.5 Å². The fraction of sp³-hybridized carbons (Fsp3) is 0.0732. The second kappa shape index (κ2) is 10.1. The topological polar surface area (TPSA) is 25.8 Å². The zero-order chi connectivity index (χ0) is 30.1. The van der Waals surface area contributed by atoms with Crippen LogP contribution in [0.1, 0.15) is 25.0 Å². The summed E-state index contributed by atoms with van der Waals surface area (Å²) in [5.74, 6) is 0. The first-order chi connectivity index (χ1) is 22.1. The fourth-order valence-corrected chi connectivity index (χ4v) is 8.61. The molecule has 0 aliphatic heterocycles. The number of rotatable bonds is 4. The number of benzene rings is 6. The second-order valence-electron chi connectivity index (χ2n) is 12.2. The monoisotopic (exact) mass is 612 g/mol. The van der Waals surface area contributed by atoms with Gasteiger partial charge in [-0.3, -0.25) is 0 Å². The van der Waals surface area contributed by atoms with Crippen LogP contribution >= 0.6 is 22.7 Å². The van der Waals surface area contributed by atoms with Crippen molar-refractivity contribution in [1.82, 2.24) is 9.97 Å². The zero-order valence-corrected chi connectivity index (χ0v) is 26.5. The van der Waals surface area contributed by atoms with Gasteiger partial charge < -0.3 is 0 Å². The van der Waals surface area contributed by atoms with Crippen molar-refractivity contribution in [1.29, 1.82) is 0 Å². The van der Waals surface area contributed by atoms with Gasteiger partial charge in [0.2, 0.25) is 0 Å². The molecule has 2 nitrogen and oxygen atoms in total. The highest BCUT2D eigenvalue weighted by Gasteiger charge is 2.36. The molecular weight excluding hydrogens is 585 g/mol. The van der Waals surface area contributed by atoms with E-state index in [4.69, 9.17) is 0 Å². The molecule has 2 heterocycles. The van der Waals surface area contributed by atoms with Crippen LogP contribution in [0.25, 0.3) is 76.1 Å². The summed E-state index contributed by atoms with van der Waals surface area (Å²) in [5.41, 5.74) is 12.6. The van der Waals surface area contributed by atoms with E-state index in [0.717, 1.165) is 21.1 Å². The minimum absolute atomic E-state index is 0.101. The molecule has 0 atom stereocenters. The van der Waals surface area contributed by atoms with Gasteiger partial charge in [-0.2, -0.15) is 0 Å². The van der Waals surface area contributed by atoms with Crippen molar-refractivity contribution in [2.75, 3.05) is 0 Å². The Kier molecular flexibility index (Phi) is 5.93. The van der Waals surface area contributed by atoms with E-state index in [0.29, 0.717) is 0 Å². The normalized spacial score (nSPS) is 13.3. The first kappa shape index (κ1) is 26.5. The maximum absolute atomic E-state index is 4.63. The molecule has 0 bridgehead atoms. The predicted octanol–water partition coefficient (Wildman–Crippen LogP) is 11.9. The highest BCUT2D eigenvalue weighted by molar-refractivity contribution is 7.13. The van der Waals surface area contributed by atoms with E-state index in [1.807, 2.05) is 23.2 Å². The molecule has 0 fully saturated rings. The summed E-state index contributed by atoms with van der Waals surface area (Å²) in [4.78, 5) is 9.26. The number of fused-ring (bicyclic) bond motifs is 5. The minimum atomic E-state index is -0.101. The number of hydrogen-bond donors (Lipinski definition) is 0. The molecular formula is C41H28N2S2. The summed E-state index contributed by atoms with van der Waals surface area (Å²) in [6.07, 6.45) is 3.77. The van der Waals surface area contributed by atoms with Crippen LogP contribution in [0.2, 0.25) is 0 Å². The molecule has 0 N–H and O–H groups in total. The van der Waals surface area contributed by atoms with Gasteiger partial charge in [0.25, 0.3) is 0 Å². The smallest absolute Gasteiger partial charge is 0.123 e. The zero-order valence-electron chi connectivity index (χ0n) is 24.9. The summed E-state index contributed by atoms with van der Waals surface area (Å²) >= 11 is 3.36. The van der Waals surface area contributed by atoms with Crippen LogP contribution in [0.3, 0.4) is 0 Å². The van der Waals surface area contributed by atoms with Gasteiger partial charge in [-0.05, 0) is 90.3 Å². The van der Waals surface area contributed by atoms with E-state index < -0.39 is 0 Å². The number of aromatic nitrogens is 2. The third-order valence-corrected chi connectivity index (χ3v) is 11.0. The standard InChI is InChI=1S/C41H28N2S2/c1-41(2)35-16-6-5-13-29(35)32-23-33-34(24-36(32)41)38(26-10-8-12-28(22-26)40-43-18-20-45-40)31-15-4-3-14-30(31)37(33)25-9-7-11-27(21-25)39-42-17-19-44-39/h3-24H,1-2H3. The third kappa shape index (κ3) is 4.06. The molecule has 0 unspecified atom stereocenters. The van der Waals surface area contributed by atoms with Gasteiger partial charge >= 0.3 is 0 Å². The van der Waals surface area contributed by atoms with Crippen LogP contribution in [0.15, 0.2) is 132 Å². The number of nitrogens with zero attached hydrogens (tertiary/aromatic N) is 2. The Bertz CT molecular complexity index is 2400. The van der Waals surface area contributed by atoms with Gasteiger partial charge in [0.15, 0.2) is 0 Å². The molecule has 8 aromatic rings. The van der Waals surface area contributed by atoms with E-state index >= 15 is 0 Å². The average molecular weight is 613 g/mol. The molecule has 2 aromatic heterocycles. The van der Waals surface area contributed by atoms with Crippen LogP contribution in [0, 0.1) is 0 Å². The molecule has 0 radical (unpaired) electrons. The van der Waals surface area contributed by atoms with Crippen molar-refractivity contribution < 1.29 is 0 Å². The van der Waals surface area contributed by atoms with Gasteiger partial charge in [-0.25, -0.2) is 9.97 Å². The van der Waals surface area contributed by atoms with Crippen LogP contribution < -0.4 is 0 Å². The van der Waals surface area contributed by atoms with Gasteiger partial charge in [0.05, 0.1) is 0 Å². The van der Waals surface area contributed by atoms with E-state index in [1.54, 1.807) is 22.7 Å². The molecule has 9 rings (SSSR count). The highest BCUT2D eigenvalue weighted by atomic mass is 32.1. The van der Waals surface area contributed by atoms with E-state index in [1.165, 1.54) is 66.1 Å². The largest absolute Gasteiger partial charge is 0.245 e. The van der Waals surface area contributed by atoms with Crippen molar-refractivity contribution in [2.24, 2.45) is 0 Å². The molecule has 1 aliphatic carbocycles. The second-order valence-corrected chi connectivity index (χ2v) is 14.0. The van der Waals surface area contributed by atoms with Crippen molar-refractivity contribution >= 4 is 44.2 Å². The van der Waals surface area contributed by atoms with Crippen molar-refractivity contribution in [3.05, 3.63) is 143 Å². The molecule has 0 spiro atoms. The Hall–Kier alpha value is -4.90. The van der Waals surface area contributed by atoms with Gasteiger partial charge in [-0.1, -0.05) is 98.8 Å². The Morgan fingerprint density at radius 2 is 1.00 bits per heavy atom. The molecule has 0 saturated heterocycles. The van der Waals surface area contributed by atoms with Crippen LogP contribution in [-0.4, -0.2) is 9.97 Å². The van der Waals surface area contributed by atoms with Crippen molar-refractivity contribution in [3.63, 3.8) is 0 Å². The van der Waals surface area contributed by atoms with E-state index in [9.17, 15) is 0 Å². The Labute approximate surface area is 270 Å². The summed E-state index contributed by atoms with van der Waals surface area (Å²) in [6, 6.07) is 40.7. The minimum Gasteiger partial charge on any atom is -0.245 e. The molecule has 4 heteroatoms. The van der Waals surface area contributed by atoms with Crippen molar-refractivity contribution in [2.45, 2.75) is 19.3 Å². The van der Waals surface area contributed by atoms with Crippen LogP contribution in [0.4, 0.5) is 0 Å². The Morgan fingerprint density at radius 3 is 1.58 bits per heavy atom. The summed E-state index contributed by atoms with van der Waals surface area (Å²) < 4.78 is 0. The fourth-order valence-electron chi connectivity index (χ4n) is 7.34. The van der Waals surface area contributed by atoms with Gasteiger partial charge in [0.1, 0.15) is 10.0 Å². The lowest BCUT2D eigenvalue weighted by molar-refractivity contribution is 0.661. The predicted molar refractivity (Wildman–Crippen MR) is 192 cm³/mol. The van der Waals surface area contributed by atoms with E-state index in [2.05, 4.69) is 133 Å². The maximum Gasteiger partial charge on any atom is 0.123 e. The van der Waals surface area contributed by atoms with Crippen LogP contribution in [-0.2, 0) is 5.41 Å². The molecule has 0 saturated carbocycles. The first-order valence-corrected chi connectivity index (χ1v) is 17.0. The molecule has 45 heavy (non-hydrogen) atoms. The summed E-state index contributed by atoms with van der Waals surface area (Å²) in [6.45, 7) is 4.73. The highest BCUT2D eigenvalue weighted by Crippen LogP contribution is 2.53. The molecule has 6 aromatic carbocycles. The average Bonchev–Trinajstić information content (AvgIpc) is 3.86. The van der Waals surface area contributed by atoms with E-state index in [-0.39, 0.29) is 5.41 Å². The maximum atomic E-state index is 4.63. The summed E-state index contributed by atoms with van der Waals surface area (Å²) in [5, 5.41) is 11.2. The molecule has 214 valence electrons. The van der Waals surface area contributed by atoms with Crippen LogP contribution in [0.5, 0.6) is 0 Å². The molecule has 0 amide bonds. The SMILES string of the molecule is CC1(C)c2ccccc2-c2cc3c(-c4cccc(-c5nccs5)c4)c4ccccc4c(-c4cccc(-c5nccs5)c4)c3cc21. The summed E-state index contributed by atoms with van der Waals surface area (Å²) in [7, 11) is 0. The first-order valence-electron chi connectivity index (χ1n) is 15.2.